The second-order valence-electron chi connectivity index (χ2n) is 6.57. The van der Waals surface area contributed by atoms with Crippen LogP contribution < -0.4 is 15.4 Å². The first-order valence-corrected chi connectivity index (χ1v) is 9.81. The van der Waals surface area contributed by atoms with Crippen LogP contribution in [0.1, 0.15) is 33.1 Å². The van der Waals surface area contributed by atoms with E-state index in [2.05, 4.69) is 15.6 Å². The summed E-state index contributed by atoms with van der Waals surface area (Å²) >= 11 is 0. The molecule has 2 atom stereocenters. The van der Waals surface area contributed by atoms with E-state index >= 15 is 0 Å². The second kappa shape index (κ2) is 14.8. The molecular weight excluding hydrogens is 476 g/mol. The Bertz CT molecular complexity index is 571. The minimum Gasteiger partial charge on any atom is -0.486 e. The molecule has 1 heterocycles. The molecular formula is C20H33FIN3O3. The van der Waals surface area contributed by atoms with Crippen molar-refractivity contribution in [1.29, 1.82) is 0 Å². The Balaban J connectivity index is 0.00000392. The fourth-order valence-electron chi connectivity index (χ4n) is 2.73. The molecule has 1 aromatic rings. The second-order valence-corrected chi connectivity index (χ2v) is 6.57. The van der Waals surface area contributed by atoms with Crippen molar-refractivity contribution in [3.05, 3.63) is 30.1 Å². The number of hydrogen-bond donors (Lipinski definition) is 2. The first-order valence-electron chi connectivity index (χ1n) is 9.81. The fraction of sp³-hybridized carbons (Fsp3) is 0.650. The Labute approximate surface area is 184 Å². The van der Waals surface area contributed by atoms with Gasteiger partial charge in [-0.15, -0.1) is 24.0 Å². The number of benzene rings is 1. The van der Waals surface area contributed by atoms with Crippen molar-refractivity contribution in [2.75, 3.05) is 39.5 Å². The molecule has 0 bridgehead atoms. The van der Waals surface area contributed by atoms with Crippen LogP contribution in [0.4, 0.5) is 4.39 Å². The number of aliphatic imine (C=N–C) groups is 1. The number of nitrogens with one attached hydrogen (secondary N) is 2. The van der Waals surface area contributed by atoms with Crippen LogP contribution >= 0.6 is 24.0 Å². The van der Waals surface area contributed by atoms with Crippen LogP contribution in [0, 0.1) is 5.82 Å². The maximum Gasteiger partial charge on any atom is 0.191 e. The molecule has 1 saturated heterocycles. The van der Waals surface area contributed by atoms with Crippen LogP contribution in [-0.2, 0) is 9.47 Å². The van der Waals surface area contributed by atoms with Crippen LogP contribution in [-0.4, -0.2) is 57.6 Å². The van der Waals surface area contributed by atoms with E-state index in [0.29, 0.717) is 19.8 Å². The third-order valence-electron chi connectivity index (χ3n) is 4.10. The van der Waals surface area contributed by atoms with Crippen molar-refractivity contribution >= 4 is 29.9 Å². The predicted molar refractivity (Wildman–Crippen MR) is 120 cm³/mol. The van der Waals surface area contributed by atoms with Gasteiger partial charge in [-0.1, -0.05) is 12.1 Å². The fourth-order valence-corrected chi connectivity index (χ4v) is 2.73. The topological polar surface area (TPSA) is 64.1 Å². The molecule has 6 nitrogen and oxygen atoms in total. The summed E-state index contributed by atoms with van der Waals surface area (Å²) in [5, 5.41) is 6.48. The van der Waals surface area contributed by atoms with Crippen LogP contribution in [0.25, 0.3) is 0 Å². The van der Waals surface area contributed by atoms with Gasteiger partial charge in [0, 0.05) is 26.3 Å². The van der Waals surface area contributed by atoms with Gasteiger partial charge in [-0.25, -0.2) is 9.38 Å². The third kappa shape index (κ3) is 9.88. The normalized spacial score (nSPS) is 17.7. The van der Waals surface area contributed by atoms with E-state index in [1.165, 1.54) is 6.07 Å². The number of hydrogen-bond acceptors (Lipinski definition) is 4. The van der Waals surface area contributed by atoms with Gasteiger partial charge in [0.2, 0.25) is 0 Å². The number of guanidine groups is 1. The lowest BCUT2D eigenvalue weighted by Crippen LogP contribution is -2.38. The van der Waals surface area contributed by atoms with Crippen molar-refractivity contribution in [2.45, 2.75) is 45.3 Å². The number of ether oxygens (including phenoxy) is 3. The zero-order valence-electron chi connectivity index (χ0n) is 16.8. The molecule has 0 aliphatic carbocycles. The summed E-state index contributed by atoms with van der Waals surface area (Å²) < 4.78 is 30.4. The van der Waals surface area contributed by atoms with Crippen molar-refractivity contribution in [3.8, 4) is 5.75 Å². The van der Waals surface area contributed by atoms with Crippen molar-refractivity contribution in [2.24, 2.45) is 4.99 Å². The molecule has 0 aromatic heterocycles. The van der Waals surface area contributed by atoms with E-state index < -0.39 is 0 Å². The van der Waals surface area contributed by atoms with Crippen molar-refractivity contribution < 1.29 is 18.6 Å². The van der Waals surface area contributed by atoms with Crippen LogP contribution in [0.3, 0.4) is 0 Å². The molecule has 2 N–H and O–H groups in total. The molecule has 1 fully saturated rings. The van der Waals surface area contributed by atoms with Crippen molar-refractivity contribution in [3.63, 3.8) is 0 Å². The molecule has 2 unspecified atom stereocenters. The average Bonchev–Trinajstić information content (AvgIpc) is 3.18. The Kier molecular flexibility index (Phi) is 13.2. The van der Waals surface area contributed by atoms with Gasteiger partial charge >= 0.3 is 0 Å². The first kappa shape index (κ1) is 24.9. The number of nitrogens with zero attached hydrogens (tertiary/aromatic N) is 1. The van der Waals surface area contributed by atoms with E-state index in [-0.39, 0.29) is 47.8 Å². The maximum atomic E-state index is 13.6. The number of para-hydroxylation sites is 1. The lowest BCUT2D eigenvalue weighted by Gasteiger charge is -2.15. The van der Waals surface area contributed by atoms with E-state index in [9.17, 15) is 4.39 Å². The van der Waals surface area contributed by atoms with E-state index in [4.69, 9.17) is 14.2 Å². The minimum atomic E-state index is -0.360. The molecule has 1 aromatic carbocycles. The van der Waals surface area contributed by atoms with Gasteiger partial charge in [0.15, 0.2) is 17.5 Å². The van der Waals surface area contributed by atoms with E-state index in [1.807, 2.05) is 13.8 Å². The number of rotatable bonds is 11. The van der Waals surface area contributed by atoms with Crippen LogP contribution in [0.5, 0.6) is 5.75 Å². The van der Waals surface area contributed by atoms with Gasteiger partial charge in [0.25, 0.3) is 0 Å². The van der Waals surface area contributed by atoms with Crippen LogP contribution in [0.15, 0.2) is 29.3 Å². The number of halogens is 2. The third-order valence-corrected chi connectivity index (χ3v) is 4.10. The summed E-state index contributed by atoms with van der Waals surface area (Å²) in [5.74, 6) is 0.614. The van der Waals surface area contributed by atoms with Crippen LogP contribution in [0.2, 0.25) is 0 Å². The molecule has 0 spiro atoms. The first-order chi connectivity index (χ1) is 13.2. The van der Waals surface area contributed by atoms with E-state index in [1.54, 1.807) is 18.2 Å². The van der Waals surface area contributed by atoms with Gasteiger partial charge in [0.05, 0.1) is 19.3 Å². The SMILES string of the molecule is CCNC(=NCC(C)Oc1ccccc1F)NCCCOCC1CCCO1.I. The van der Waals surface area contributed by atoms with E-state index in [0.717, 1.165) is 44.9 Å². The van der Waals surface area contributed by atoms with Gasteiger partial charge in [-0.05, 0) is 45.2 Å². The molecule has 1 aliphatic heterocycles. The highest BCUT2D eigenvalue weighted by Gasteiger charge is 2.14. The largest absolute Gasteiger partial charge is 0.486 e. The quantitative estimate of drug-likeness (QED) is 0.207. The Morgan fingerprint density at radius 3 is 2.89 bits per heavy atom. The highest BCUT2D eigenvalue weighted by atomic mass is 127. The highest BCUT2D eigenvalue weighted by molar-refractivity contribution is 14.0. The molecule has 160 valence electrons. The summed E-state index contributed by atoms with van der Waals surface area (Å²) in [6, 6.07) is 6.40. The molecule has 0 saturated carbocycles. The smallest absolute Gasteiger partial charge is 0.191 e. The highest BCUT2D eigenvalue weighted by Crippen LogP contribution is 2.17. The standard InChI is InChI=1S/C20H32FN3O3.HI/c1-3-22-20(23-11-7-12-25-15-17-8-6-13-26-17)24-14-16(2)27-19-10-5-4-9-18(19)21;/h4-5,9-10,16-17H,3,6-8,11-15H2,1-2H3,(H2,22,23,24);1H. The summed E-state index contributed by atoms with van der Waals surface area (Å²) in [4.78, 5) is 4.51. The Hall–Kier alpha value is -1.13. The molecule has 28 heavy (non-hydrogen) atoms. The molecule has 1 aliphatic rings. The summed E-state index contributed by atoms with van der Waals surface area (Å²) in [5.41, 5.74) is 0. The molecule has 0 radical (unpaired) electrons. The minimum absolute atomic E-state index is 0. The summed E-state index contributed by atoms with van der Waals surface area (Å²) in [7, 11) is 0. The molecule has 2 rings (SSSR count). The lowest BCUT2D eigenvalue weighted by molar-refractivity contribution is 0.0168. The molecule has 8 heteroatoms. The maximum absolute atomic E-state index is 13.6. The monoisotopic (exact) mass is 509 g/mol. The summed E-state index contributed by atoms with van der Waals surface area (Å²) in [6.07, 6.45) is 3.16. The van der Waals surface area contributed by atoms with Gasteiger partial charge in [-0.3, -0.25) is 0 Å². The Morgan fingerprint density at radius 2 is 2.18 bits per heavy atom. The van der Waals surface area contributed by atoms with Gasteiger partial charge in [-0.2, -0.15) is 0 Å². The average molecular weight is 509 g/mol. The lowest BCUT2D eigenvalue weighted by atomic mass is 10.2. The van der Waals surface area contributed by atoms with Gasteiger partial charge in [0.1, 0.15) is 6.10 Å². The molecule has 0 amide bonds. The van der Waals surface area contributed by atoms with Gasteiger partial charge < -0.3 is 24.8 Å². The Morgan fingerprint density at radius 1 is 1.36 bits per heavy atom. The predicted octanol–water partition coefficient (Wildman–Crippen LogP) is 3.35. The zero-order valence-corrected chi connectivity index (χ0v) is 19.1. The summed E-state index contributed by atoms with van der Waals surface area (Å²) in [6.45, 7) is 8.08. The van der Waals surface area contributed by atoms with Crippen molar-refractivity contribution in [1.82, 2.24) is 10.6 Å². The zero-order chi connectivity index (χ0) is 19.3.